The van der Waals surface area contributed by atoms with Gasteiger partial charge in [0, 0.05) is 20.1 Å². The van der Waals surface area contributed by atoms with Crippen molar-refractivity contribution in [2.75, 3.05) is 33.3 Å². The number of nitrogens with two attached hydrogens (primary N) is 1. The summed E-state index contributed by atoms with van der Waals surface area (Å²) in [6.45, 7) is 6.70. The predicted molar refractivity (Wildman–Crippen MR) is 98.3 cm³/mol. The number of nitrogens with zero attached hydrogens (tertiary/aromatic N) is 2. The quantitative estimate of drug-likeness (QED) is 0.672. The molecule has 1 fully saturated rings. The van der Waals surface area contributed by atoms with Crippen LogP contribution in [0.1, 0.15) is 46.5 Å². The molecule has 2 N–H and O–H groups in total. The van der Waals surface area contributed by atoms with E-state index in [0.717, 1.165) is 19.3 Å². The zero-order chi connectivity index (χ0) is 18.3. The Labute approximate surface area is 156 Å². The lowest BCUT2D eigenvalue weighted by molar-refractivity contribution is -0.152. The van der Waals surface area contributed by atoms with Gasteiger partial charge in [0.15, 0.2) is 0 Å². The third-order valence-corrected chi connectivity index (χ3v) is 4.37. The van der Waals surface area contributed by atoms with Crippen LogP contribution in [0.4, 0.5) is 0 Å². The SMILES string of the molecule is CCCC(C)(N)C(=O)N(C)CC(=O)N1CCCC(C(=O)OCC)C1.Cl. The van der Waals surface area contributed by atoms with Crippen LogP contribution in [0.15, 0.2) is 0 Å². The van der Waals surface area contributed by atoms with Crippen molar-refractivity contribution in [3.05, 3.63) is 0 Å². The molecule has 2 amide bonds. The highest BCUT2D eigenvalue weighted by Crippen LogP contribution is 2.19. The molecule has 1 heterocycles. The molecule has 0 radical (unpaired) electrons. The van der Waals surface area contributed by atoms with E-state index >= 15 is 0 Å². The number of likely N-dealkylation sites (N-methyl/N-ethyl adjacent to an activating group) is 1. The minimum atomic E-state index is -0.959. The number of rotatable bonds is 7. The number of hydrogen-bond donors (Lipinski definition) is 1. The molecule has 146 valence electrons. The maximum atomic E-state index is 12.5. The summed E-state index contributed by atoms with van der Waals surface area (Å²) >= 11 is 0. The summed E-state index contributed by atoms with van der Waals surface area (Å²) in [5, 5.41) is 0. The molecule has 1 rings (SSSR count). The maximum Gasteiger partial charge on any atom is 0.310 e. The van der Waals surface area contributed by atoms with E-state index in [0.29, 0.717) is 26.1 Å². The van der Waals surface area contributed by atoms with Crippen molar-refractivity contribution in [3.8, 4) is 0 Å². The lowest BCUT2D eigenvalue weighted by atomic mass is 9.95. The Bertz CT molecular complexity index is 471. The number of carbonyl (C=O) groups is 3. The molecule has 2 atom stereocenters. The average molecular weight is 378 g/mol. The molecule has 8 heteroatoms. The van der Waals surface area contributed by atoms with Gasteiger partial charge in [0.2, 0.25) is 11.8 Å². The predicted octanol–water partition coefficient (Wildman–Crippen LogP) is 1.19. The molecule has 1 saturated heterocycles. The molecule has 25 heavy (non-hydrogen) atoms. The van der Waals surface area contributed by atoms with Crippen molar-refractivity contribution in [1.29, 1.82) is 0 Å². The lowest BCUT2D eigenvalue weighted by Gasteiger charge is -2.34. The van der Waals surface area contributed by atoms with Gasteiger partial charge in [-0.2, -0.15) is 0 Å². The molecule has 0 aromatic heterocycles. The summed E-state index contributed by atoms with van der Waals surface area (Å²) < 4.78 is 5.04. The van der Waals surface area contributed by atoms with Crippen LogP contribution in [0.25, 0.3) is 0 Å². The molecule has 0 aliphatic carbocycles. The topological polar surface area (TPSA) is 92.9 Å². The Morgan fingerprint density at radius 3 is 2.52 bits per heavy atom. The van der Waals surface area contributed by atoms with E-state index in [4.69, 9.17) is 10.5 Å². The molecule has 7 nitrogen and oxygen atoms in total. The van der Waals surface area contributed by atoms with E-state index in [1.807, 2.05) is 6.92 Å². The van der Waals surface area contributed by atoms with Crippen LogP contribution in [-0.2, 0) is 19.1 Å². The number of esters is 1. The first-order valence-corrected chi connectivity index (χ1v) is 8.71. The molecule has 0 aromatic rings. The molecule has 2 unspecified atom stereocenters. The number of piperidine rings is 1. The summed E-state index contributed by atoms with van der Waals surface area (Å²) in [5.41, 5.74) is 5.08. The Morgan fingerprint density at radius 1 is 1.32 bits per heavy atom. The second kappa shape index (κ2) is 10.6. The van der Waals surface area contributed by atoms with E-state index in [1.54, 1.807) is 25.8 Å². The van der Waals surface area contributed by atoms with Crippen molar-refractivity contribution in [3.63, 3.8) is 0 Å². The first kappa shape index (κ1) is 23.7. The van der Waals surface area contributed by atoms with Gasteiger partial charge in [-0.1, -0.05) is 13.3 Å². The largest absolute Gasteiger partial charge is 0.466 e. The van der Waals surface area contributed by atoms with Gasteiger partial charge < -0.3 is 20.3 Å². The van der Waals surface area contributed by atoms with E-state index in [9.17, 15) is 14.4 Å². The highest BCUT2D eigenvalue weighted by Gasteiger charge is 2.33. The monoisotopic (exact) mass is 377 g/mol. The second-order valence-electron chi connectivity index (χ2n) is 6.76. The number of carbonyl (C=O) groups excluding carboxylic acids is 3. The van der Waals surface area contributed by atoms with Gasteiger partial charge in [0.25, 0.3) is 0 Å². The molecule has 0 aromatic carbocycles. The van der Waals surface area contributed by atoms with Gasteiger partial charge in [-0.3, -0.25) is 14.4 Å². The fraction of sp³-hybridized carbons (Fsp3) is 0.824. The number of amides is 2. The smallest absolute Gasteiger partial charge is 0.310 e. The zero-order valence-electron chi connectivity index (χ0n) is 15.7. The highest BCUT2D eigenvalue weighted by atomic mass is 35.5. The summed E-state index contributed by atoms with van der Waals surface area (Å²) in [6.07, 6.45) is 2.86. The molecule has 0 bridgehead atoms. The fourth-order valence-corrected chi connectivity index (χ4v) is 3.09. The number of hydrogen-bond acceptors (Lipinski definition) is 5. The lowest BCUT2D eigenvalue weighted by Crippen LogP contribution is -2.54. The summed E-state index contributed by atoms with van der Waals surface area (Å²) in [7, 11) is 1.59. The van der Waals surface area contributed by atoms with Crippen LogP contribution in [0, 0.1) is 5.92 Å². The molecule has 1 aliphatic rings. The summed E-state index contributed by atoms with van der Waals surface area (Å²) in [5.74, 6) is -0.927. The van der Waals surface area contributed by atoms with Crippen LogP contribution in [0.3, 0.4) is 0 Å². The normalized spacial score (nSPS) is 19.4. The van der Waals surface area contributed by atoms with Gasteiger partial charge in [-0.05, 0) is 33.1 Å². The standard InChI is InChI=1S/C17H31N3O4.ClH/c1-5-9-17(3,18)16(23)19(4)12-14(21)20-10-7-8-13(11-20)15(22)24-6-2;/h13H,5-12,18H2,1-4H3;1H. The third-order valence-electron chi connectivity index (χ3n) is 4.37. The second-order valence-corrected chi connectivity index (χ2v) is 6.76. The molecule has 1 aliphatic heterocycles. The Kier molecular flexibility index (Phi) is 10.0. The minimum absolute atomic E-state index is 0. The molecule has 0 spiro atoms. The highest BCUT2D eigenvalue weighted by molar-refractivity contribution is 5.90. The Morgan fingerprint density at radius 2 is 1.96 bits per heavy atom. The van der Waals surface area contributed by atoms with Gasteiger partial charge in [0.05, 0.1) is 24.6 Å². The summed E-state index contributed by atoms with van der Waals surface area (Å²) in [6, 6.07) is 0. The van der Waals surface area contributed by atoms with E-state index in [-0.39, 0.29) is 42.7 Å². The van der Waals surface area contributed by atoms with Crippen molar-refractivity contribution in [2.24, 2.45) is 11.7 Å². The van der Waals surface area contributed by atoms with Crippen molar-refractivity contribution >= 4 is 30.2 Å². The van der Waals surface area contributed by atoms with E-state index in [1.165, 1.54) is 4.90 Å². The number of halogens is 1. The van der Waals surface area contributed by atoms with Gasteiger partial charge in [0.1, 0.15) is 0 Å². The van der Waals surface area contributed by atoms with Crippen molar-refractivity contribution in [2.45, 2.75) is 52.0 Å². The van der Waals surface area contributed by atoms with Crippen LogP contribution in [-0.4, -0.2) is 66.4 Å². The zero-order valence-corrected chi connectivity index (χ0v) is 16.6. The Balaban J connectivity index is 0.00000576. The number of likely N-dealkylation sites (tertiary alicyclic amines) is 1. The van der Waals surface area contributed by atoms with Crippen LogP contribution in [0.2, 0.25) is 0 Å². The minimum Gasteiger partial charge on any atom is -0.466 e. The first-order chi connectivity index (χ1) is 11.2. The van der Waals surface area contributed by atoms with Gasteiger partial charge >= 0.3 is 5.97 Å². The van der Waals surface area contributed by atoms with Gasteiger partial charge in [-0.15, -0.1) is 12.4 Å². The molecular formula is C17H32ClN3O4. The maximum absolute atomic E-state index is 12.5. The van der Waals surface area contributed by atoms with Crippen LogP contribution < -0.4 is 5.73 Å². The third kappa shape index (κ3) is 6.82. The number of ether oxygens (including phenoxy) is 1. The molecule has 0 saturated carbocycles. The van der Waals surface area contributed by atoms with Crippen molar-refractivity contribution < 1.29 is 19.1 Å². The van der Waals surface area contributed by atoms with Crippen LogP contribution >= 0.6 is 12.4 Å². The van der Waals surface area contributed by atoms with E-state index in [2.05, 4.69) is 0 Å². The van der Waals surface area contributed by atoms with Crippen molar-refractivity contribution in [1.82, 2.24) is 9.80 Å². The first-order valence-electron chi connectivity index (χ1n) is 8.71. The van der Waals surface area contributed by atoms with E-state index < -0.39 is 5.54 Å². The van der Waals surface area contributed by atoms with Crippen LogP contribution in [0.5, 0.6) is 0 Å². The average Bonchev–Trinajstić information content (AvgIpc) is 2.54. The molecular weight excluding hydrogens is 346 g/mol. The summed E-state index contributed by atoms with van der Waals surface area (Å²) in [4.78, 5) is 39.7. The Hall–Kier alpha value is -1.34. The fourth-order valence-electron chi connectivity index (χ4n) is 3.09. The van der Waals surface area contributed by atoms with Gasteiger partial charge in [-0.25, -0.2) is 0 Å².